The number of nitrogens with zero attached hydrogens (tertiary/aromatic N) is 1. The van der Waals surface area contributed by atoms with Gasteiger partial charge in [-0.3, -0.25) is 4.79 Å². The van der Waals surface area contributed by atoms with Crippen LogP contribution in [0.4, 0.5) is 0 Å². The van der Waals surface area contributed by atoms with Crippen LogP contribution in [0.25, 0.3) is 0 Å². The van der Waals surface area contributed by atoms with E-state index in [1.54, 1.807) is 6.20 Å². The number of carbonyl (C=O) groups excluding carboxylic acids is 1. The van der Waals surface area contributed by atoms with Gasteiger partial charge in [0.1, 0.15) is 0 Å². The monoisotopic (exact) mass is 377 g/mol. The van der Waals surface area contributed by atoms with E-state index in [-0.39, 0.29) is 5.78 Å². The summed E-state index contributed by atoms with van der Waals surface area (Å²) in [6, 6.07) is 16.3. The van der Waals surface area contributed by atoms with Crippen molar-refractivity contribution < 1.29 is 9.32 Å². The van der Waals surface area contributed by atoms with Crippen LogP contribution in [0.15, 0.2) is 64.1 Å². The first-order valence-corrected chi connectivity index (χ1v) is 10.3. The Kier molecular flexibility index (Phi) is 5.17. The topological polar surface area (TPSA) is 43.1 Å². The molecule has 1 aliphatic rings. The van der Waals surface area contributed by atoms with Crippen LogP contribution in [0.3, 0.4) is 0 Å². The highest BCUT2D eigenvalue weighted by Gasteiger charge is 2.33. The van der Waals surface area contributed by atoms with Crippen LogP contribution in [0.5, 0.6) is 0 Å². The molecule has 1 fully saturated rings. The predicted molar refractivity (Wildman–Crippen MR) is 109 cm³/mol. The van der Waals surface area contributed by atoms with Crippen molar-refractivity contribution in [3.05, 3.63) is 82.7 Å². The zero-order valence-electron chi connectivity index (χ0n) is 15.6. The lowest BCUT2D eigenvalue weighted by molar-refractivity contribution is 0.103. The Hall–Kier alpha value is -2.33. The lowest BCUT2D eigenvalue weighted by Crippen LogP contribution is -2.07. The van der Waals surface area contributed by atoms with Crippen molar-refractivity contribution in [1.29, 1.82) is 0 Å². The van der Waals surface area contributed by atoms with Gasteiger partial charge in [-0.15, -0.1) is 11.8 Å². The number of benzene rings is 2. The highest BCUT2D eigenvalue weighted by atomic mass is 32.2. The fraction of sp³-hybridized carbons (Fsp3) is 0.304. The molecule has 4 rings (SSSR count). The summed E-state index contributed by atoms with van der Waals surface area (Å²) < 4.78 is 5.38. The number of carbonyl (C=O) groups is 1. The number of aromatic nitrogens is 1. The van der Waals surface area contributed by atoms with Gasteiger partial charge in [0.25, 0.3) is 0 Å². The second-order valence-electron chi connectivity index (χ2n) is 7.32. The number of hydrogen-bond donors (Lipinski definition) is 0. The first-order valence-electron chi connectivity index (χ1n) is 9.45. The molecule has 0 amide bonds. The maximum atomic E-state index is 13.2. The van der Waals surface area contributed by atoms with E-state index in [0.29, 0.717) is 16.7 Å². The Labute approximate surface area is 164 Å². The van der Waals surface area contributed by atoms with Gasteiger partial charge in [0.05, 0.1) is 11.8 Å². The van der Waals surface area contributed by atoms with E-state index < -0.39 is 0 Å². The third kappa shape index (κ3) is 4.01. The van der Waals surface area contributed by atoms with Gasteiger partial charge in [-0.1, -0.05) is 61.5 Å². The molecule has 27 heavy (non-hydrogen) atoms. The average Bonchev–Trinajstić information content (AvgIpc) is 3.39. The summed E-state index contributed by atoms with van der Waals surface area (Å²) in [5.41, 5.74) is 3.66. The SMILES string of the molecule is CC(C)Sc1ccccc1Cc1ccccc1C(=O)c1cnoc1C1CC1. The highest BCUT2D eigenvalue weighted by Crippen LogP contribution is 2.42. The zero-order chi connectivity index (χ0) is 18.8. The highest BCUT2D eigenvalue weighted by molar-refractivity contribution is 8.00. The van der Waals surface area contributed by atoms with Crippen molar-refractivity contribution >= 4 is 17.5 Å². The summed E-state index contributed by atoms with van der Waals surface area (Å²) in [4.78, 5) is 14.5. The predicted octanol–water partition coefficient (Wildman–Crippen LogP) is 5.87. The molecule has 0 saturated heterocycles. The molecule has 2 aromatic carbocycles. The van der Waals surface area contributed by atoms with Crippen molar-refractivity contribution in [3.8, 4) is 0 Å². The van der Waals surface area contributed by atoms with Gasteiger partial charge in [-0.25, -0.2) is 0 Å². The van der Waals surface area contributed by atoms with Crippen LogP contribution in [0, 0.1) is 0 Å². The van der Waals surface area contributed by atoms with Crippen molar-refractivity contribution in [2.24, 2.45) is 0 Å². The van der Waals surface area contributed by atoms with Crippen molar-refractivity contribution in [2.75, 3.05) is 0 Å². The molecule has 0 spiro atoms. The summed E-state index contributed by atoms with van der Waals surface area (Å²) in [6.07, 6.45) is 4.48. The third-order valence-electron chi connectivity index (χ3n) is 4.77. The van der Waals surface area contributed by atoms with Gasteiger partial charge in [-0.2, -0.15) is 0 Å². The lowest BCUT2D eigenvalue weighted by Gasteiger charge is -2.13. The van der Waals surface area contributed by atoms with E-state index in [9.17, 15) is 4.79 Å². The molecule has 0 radical (unpaired) electrons. The minimum atomic E-state index is 0.0164. The number of hydrogen-bond acceptors (Lipinski definition) is 4. The van der Waals surface area contributed by atoms with Crippen LogP contribution in [-0.2, 0) is 6.42 Å². The molecule has 0 atom stereocenters. The summed E-state index contributed by atoms with van der Waals surface area (Å²) in [5.74, 6) is 1.13. The Bertz CT molecular complexity index is 956. The second-order valence-corrected chi connectivity index (χ2v) is 8.93. The van der Waals surface area contributed by atoms with Crippen LogP contribution in [-0.4, -0.2) is 16.2 Å². The number of rotatable bonds is 7. The average molecular weight is 378 g/mol. The van der Waals surface area contributed by atoms with E-state index in [2.05, 4.69) is 43.3 Å². The summed E-state index contributed by atoms with van der Waals surface area (Å²) in [6.45, 7) is 4.40. The molecular weight excluding hydrogens is 354 g/mol. The minimum Gasteiger partial charge on any atom is -0.360 e. The molecule has 1 aromatic heterocycles. The van der Waals surface area contributed by atoms with Crippen LogP contribution in [0.2, 0.25) is 0 Å². The number of ketones is 1. The van der Waals surface area contributed by atoms with Crippen LogP contribution < -0.4 is 0 Å². The molecule has 0 unspecified atom stereocenters. The first kappa shape index (κ1) is 18.1. The van der Waals surface area contributed by atoms with E-state index in [0.717, 1.165) is 36.1 Å². The molecule has 4 heteroatoms. The third-order valence-corrected chi connectivity index (χ3v) is 5.89. The normalized spacial score (nSPS) is 13.9. The maximum absolute atomic E-state index is 13.2. The van der Waals surface area contributed by atoms with E-state index in [4.69, 9.17) is 4.52 Å². The van der Waals surface area contributed by atoms with Gasteiger partial charge in [0.2, 0.25) is 0 Å². The summed E-state index contributed by atoms with van der Waals surface area (Å²) >= 11 is 1.86. The van der Waals surface area contributed by atoms with Gasteiger partial charge in [-0.05, 0) is 36.5 Å². The molecule has 3 nitrogen and oxygen atoms in total. The molecule has 1 saturated carbocycles. The van der Waals surface area contributed by atoms with Gasteiger partial charge in [0, 0.05) is 21.6 Å². The van der Waals surface area contributed by atoms with Crippen molar-refractivity contribution in [2.45, 2.75) is 49.2 Å². The van der Waals surface area contributed by atoms with Crippen LogP contribution in [0.1, 0.15) is 65.4 Å². The standard InChI is InChI=1S/C23H23NO2S/c1-15(2)27-21-10-6-4-8-18(21)13-17-7-3-5-9-19(17)22(25)20-14-24-26-23(20)16-11-12-16/h3-10,14-16H,11-13H2,1-2H3. The minimum absolute atomic E-state index is 0.0164. The van der Waals surface area contributed by atoms with Crippen molar-refractivity contribution in [3.63, 3.8) is 0 Å². The van der Waals surface area contributed by atoms with E-state index >= 15 is 0 Å². The first-order chi connectivity index (χ1) is 13.1. The molecule has 3 aromatic rings. The summed E-state index contributed by atoms with van der Waals surface area (Å²) in [5, 5.41) is 4.41. The quantitative estimate of drug-likeness (QED) is 0.381. The van der Waals surface area contributed by atoms with Crippen LogP contribution >= 0.6 is 11.8 Å². The number of thioether (sulfide) groups is 1. The maximum Gasteiger partial charge on any atom is 0.198 e. The molecular formula is C23H23NO2S. The fourth-order valence-electron chi connectivity index (χ4n) is 3.32. The molecule has 1 aliphatic carbocycles. The fourth-order valence-corrected chi connectivity index (χ4v) is 4.28. The molecule has 1 heterocycles. The Morgan fingerprint density at radius 1 is 1.07 bits per heavy atom. The van der Waals surface area contributed by atoms with Gasteiger partial charge >= 0.3 is 0 Å². The van der Waals surface area contributed by atoms with E-state index in [1.807, 2.05) is 36.0 Å². The van der Waals surface area contributed by atoms with E-state index in [1.165, 1.54) is 10.5 Å². The largest absolute Gasteiger partial charge is 0.360 e. The smallest absolute Gasteiger partial charge is 0.198 e. The Morgan fingerprint density at radius 3 is 2.52 bits per heavy atom. The zero-order valence-corrected chi connectivity index (χ0v) is 16.5. The molecule has 0 aliphatic heterocycles. The molecule has 0 bridgehead atoms. The molecule has 138 valence electrons. The molecule has 0 N–H and O–H groups in total. The van der Waals surface area contributed by atoms with Gasteiger partial charge in [0.15, 0.2) is 11.5 Å². The van der Waals surface area contributed by atoms with Gasteiger partial charge < -0.3 is 4.52 Å². The Balaban J connectivity index is 1.66. The summed E-state index contributed by atoms with van der Waals surface area (Å²) in [7, 11) is 0. The lowest BCUT2D eigenvalue weighted by atomic mass is 9.94. The van der Waals surface area contributed by atoms with Crippen molar-refractivity contribution in [1.82, 2.24) is 5.16 Å². The second kappa shape index (κ2) is 7.73. The Morgan fingerprint density at radius 2 is 1.78 bits per heavy atom.